The van der Waals surface area contributed by atoms with Gasteiger partial charge in [0.1, 0.15) is 16.1 Å². The summed E-state index contributed by atoms with van der Waals surface area (Å²) in [5.41, 5.74) is 3.78. The second-order valence-electron chi connectivity index (χ2n) is 13.3. The quantitative estimate of drug-likeness (QED) is 0.130. The molecule has 0 unspecified atom stereocenters. The van der Waals surface area contributed by atoms with Crippen molar-refractivity contribution in [3.63, 3.8) is 0 Å². The predicted molar refractivity (Wildman–Crippen MR) is 212 cm³/mol. The molecule has 12 heteroatoms. The molecule has 1 aromatic heterocycles. The Bertz CT molecular complexity index is 1980. The number of thiophene rings is 1. The van der Waals surface area contributed by atoms with E-state index in [1.165, 1.54) is 11.3 Å². The van der Waals surface area contributed by atoms with Crippen molar-refractivity contribution in [2.24, 2.45) is 0 Å². The lowest BCUT2D eigenvalue weighted by Crippen LogP contribution is -2.27. The number of hydrogen-bond donors (Lipinski definition) is 4. The molecule has 0 aliphatic heterocycles. The van der Waals surface area contributed by atoms with Crippen molar-refractivity contribution in [2.45, 2.75) is 52.7 Å². The number of hydrogen-bond acceptors (Lipinski definition) is 7. The molecule has 0 saturated carbocycles. The van der Waals surface area contributed by atoms with Gasteiger partial charge in [-0.15, -0.1) is 11.3 Å². The van der Waals surface area contributed by atoms with Crippen LogP contribution >= 0.6 is 27.3 Å². The standard InChI is InChI=1S/C24H24N2O3.C16H17BrN2O3S/c1-24(2,3)29-23(28)26-19-15-13-18(14-16-19)25-22(27)21-12-8-7-11-20(21)17-9-5-4-6-10-17;1-16(2,3)22-15(21)19-11-6-4-10(5-7-11)18-14(20)13-12(17)8-9-23-13/h4-16H,1-3H3,(H,25,27)(H,26,28);4-9H,1-3H3,(H,18,20)(H,19,21). The lowest BCUT2D eigenvalue weighted by molar-refractivity contribution is 0.0624. The van der Waals surface area contributed by atoms with Gasteiger partial charge >= 0.3 is 12.2 Å². The van der Waals surface area contributed by atoms with Crippen molar-refractivity contribution in [2.75, 3.05) is 21.3 Å². The Morgan fingerprint density at radius 2 is 0.962 bits per heavy atom. The van der Waals surface area contributed by atoms with Gasteiger partial charge in [0.25, 0.3) is 11.8 Å². The zero-order valence-corrected chi connectivity index (χ0v) is 32.1. The van der Waals surface area contributed by atoms with Crippen LogP contribution in [-0.2, 0) is 9.47 Å². The minimum atomic E-state index is -0.565. The maximum Gasteiger partial charge on any atom is 0.412 e. The normalized spacial score (nSPS) is 10.9. The van der Waals surface area contributed by atoms with E-state index in [1.54, 1.807) is 96.1 Å². The van der Waals surface area contributed by atoms with Gasteiger partial charge < -0.3 is 20.1 Å². The molecule has 0 saturated heterocycles. The fourth-order valence-electron chi connectivity index (χ4n) is 4.51. The number of ether oxygens (including phenoxy) is 2. The molecular formula is C40H41BrN4O6S. The van der Waals surface area contributed by atoms with Crippen molar-refractivity contribution in [3.05, 3.63) is 129 Å². The molecule has 52 heavy (non-hydrogen) atoms. The summed E-state index contributed by atoms with van der Waals surface area (Å²) in [4.78, 5) is 49.1. The van der Waals surface area contributed by atoms with Gasteiger partial charge in [-0.2, -0.15) is 0 Å². The lowest BCUT2D eigenvalue weighted by atomic mass is 9.99. The van der Waals surface area contributed by atoms with Gasteiger partial charge in [-0.1, -0.05) is 48.5 Å². The van der Waals surface area contributed by atoms with Crippen LogP contribution in [0.2, 0.25) is 0 Å². The van der Waals surface area contributed by atoms with E-state index in [-0.39, 0.29) is 11.8 Å². The molecule has 4 N–H and O–H groups in total. The third-order valence-electron chi connectivity index (χ3n) is 6.66. The monoisotopic (exact) mass is 784 g/mol. The van der Waals surface area contributed by atoms with E-state index in [0.29, 0.717) is 33.2 Å². The zero-order valence-electron chi connectivity index (χ0n) is 29.7. The van der Waals surface area contributed by atoms with E-state index in [0.717, 1.165) is 15.6 Å². The van der Waals surface area contributed by atoms with Crippen LogP contribution in [0.25, 0.3) is 11.1 Å². The highest BCUT2D eigenvalue weighted by molar-refractivity contribution is 9.10. The van der Waals surface area contributed by atoms with Crippen molar-refractivity contribution >= 4 is 74.0 Å². The SMILES string of the molecule is CC(C)(C)OC(=O)Nc1ccc(NC(=O)c2ccccc2-c2ccccc2)cc1.CC(C)(C)OC(=O)Nc1ccc(NC(=O)c2sccc2Br)cc1. The Morgan fingerprint density at radius 1 is 0.538 bits per heavy atom. The van der Waals surface area contributed by atoms with Gasteiger partial charge in [0.2, 0.25) is 0 Å². The number of rotatable bonds is 7. The Kier molecular flexibility index (Phi) is 13.4. The Labute approximate surface area is 316 Å². The van der Waals surface area contributed by atoms with Crippen LogP contribution in [0.15, 0.2) is 119 Å². The van der Waals surface area contributed by atoms with Crippen molar-refractivity contribution < 1.29 is 28.7 Å². The van der Waals surface area contributed by atoms with Crippen LogP contribution in [0.3, 0.4) is 0 Å². The molecule has 1 heterocycles. The second-order valence-corrected chi connectivity index (χ2v) is 15.1. The minimum absolute atomic E-state index is 0.181. The second kappa shape index (κ2) is 17.7. The maximum absolute atomic E-state index is 12.8. The fraction of sp³-hybridized carbons (Fsp3) is 0.200. The number of nitrogens with one attached hydrogen (secondary N) is 4. The van der Waals surface area contributed by atoms with Crippen LogP contribution in [0.1, 0.15) is 61.6 Å². The first kappa shape index (κ1) is 39.3. The van der Waals surface area contributed by atoms with Crippen LogP contribution in [-0.4, -0.2) is 35.2 Å². The van der Waals surface area contributed by atoms with Crippen LogP contribution in [0, 0.1) is 0 Å². The molecule has 5 aromatic rings. The first-order valence-electron chi connectivity index (χ1n) is 16.3. The van der Waals surface area contributed by atoms with Gasteiger partial charge in [0.15, 0.2) is 0 Å². The highest BCUT2D eigenvalue weighted by atomic mass is 79.9. The maximum atomic E-state index is 12.8. The van der Waals surface area contributed by atoms with Gasteiger partial charge in [-0.25, -0.2) is 9.59 Å². The Balaban J connectivity index is 0.000000239. The summed E-state index contributed by atoms with van der Waals surface area (Å²) in [6, 6.07) is 32.8. The number of anilines is 4. The number of benzene rings is 4. The van der Waals surface area contributed by atoms with Gasteiger partial charge in [-0.3, -0.25) is 20.2 Å². The summed E-state index contributed by atoms with van der Waals surface area (Å²) in [5, 5.41) is 12.8. The highest BCUT2D eigenvalue weighted by Crippen LogP contribution is 2.26. The molecule has 0 atom stereocenters. The number of amides is 4. The van der Waals surface area contributed by atoms with Crippen LogP contribution < -0.4 is 21.3 Å². The van der Waals surface area contributed by atoms with Crippen molar-refractivity contribution in [1.29, 1.82) is 0 Å². The largest absolute Gasteiger partial charge is 0.444 e. The first-order chi connectivity index (χ1) is 24.6. The summed E-state index contributed by atoms with van der Waals surface area (Å²) in [6.45, 7) is 10.8. The van der Waals surface area contributed by atoms with E-state index in [1.807, 2.05) is 60.0 Å². The molecule has 0 bridgehead atoms. The van der Waals surface area contributed by atoms with Crippen LogP contribution in [0.5, 0.6) is 0 Å². The molecule has 270 valence electrons. The topological polar surface area (TPSA) is 135 Å². The summed E-state index contributed by atoms with van der Waals surface area (Å²) < 4.78 is 11.2. The van der Waals surface area contributed by atoms with Crippen molar-refractivity contribution in [3.8, 4) is 11.1 Å². The average molecular weight is 786 g/mol. The summed E-state index contributed by atoms with van der Waals surface area (Å²) in [6.07, 6.45) is -1.04. The summed E-state index contributed by atoms with van der Waals surface area (Å²) in [7, 11) is 0. The van der Waals surface area contributed by atoms with E-state index in [9.17, 15) is 19.2 Å². The molecule has 4 amide bonds. The number of carbonyl (C=O) groups excluding carboxylic acids is 4. The molecule has 0 aliphatic carbocycles. The smallest absolute Gasteiger partial charge is 0.412 e. The van der Waals surface area contributed by atoms with Gasteiger partial charge in [-0.05, 0) is 135 Å². The van der Waals surface area contributed by atoms with Gasteiger partial charge in [0.05, 0.1) is 0 Å². The van der Waals surface area contributed by atoms with E-state index < -0.39 is 23.4 Å². The molecular weight excluding hydrogens is 744 g/mol. The summed E-state index contributed by atoms with van der Waals surface area (Å²) >= 11 is 4.69. The summed E-state index contributed by atoms with van der Waals surface area (Å²) in [5.74, 6) is -0.378. The molecule has 0 aliphatic rings. The van der Waals surface area contributed by atoms with E-state index in [4.69, 9.17) is 9.47 Å². The minimum Gasteiger partial charge on any atom is -0.444 e. The molecule has 5 rings (SSSR count). The first-order valence-corrected chi connectivity index (χ1v) is 17.9. The predicted octanol–water partition coefficient (Wildman–Crippen LogP) is 11.1. The third kappa shape index (κ3) is 12.7. The zero-order chi connectivity index (χ0) is 37.9. The van der Waals surface area contributed by atoms with Crippen molar-refractivity contribution in [1.82, 2.24) is 0 Å². The van der Waals surface area contributed by atoms with Crippen LogP contribution in [0.4, 0.5) is 32.3 Å². The van der Waals surface area contributed by atoms with E-state index >= 15 is 0 Å². The third-order valence-corrected chi connectivity index (χ3v) is 8.49. The average Bonchev–Trinajstić information content (AvgIpc) is 3.51. The molecule has 4 aromatic carbocycles. The fourth-order valence-corrected chi connectivity index (χ4v) is 5.96. The number of halogens is 1. The lowest BCUT2D eigenvalue weighted by Gasteiger charge is -2.19. The Morgan fingerprint density at radius 3 is 1.40 bits per heavy atom. The van der Waals surface area contributed by atoms with Gasteiger partial charge in [0, 0.05) is 32.8 Å². The number of carbonyl (C=O) groups is 4. The van der Waals surface area contributed by atoms with E-state index in [2.05, 4.69) is 37.2 Å². The molecule has 0 spiro atoms. The molecule has 0 fully saturated rings. The Hall–Kier alpha value is -5.46. The molecule has 0 radical (unpaired) electrons. The highest BCUT2D eigenvalue weighted by Gasteiger charge is 2.18. The molecule has 10 nitrogen and oxygen atoms in total.